The van der Waals surface area contributed by atoms with Crippen LogP contribution in [-0.4, -0.2) is 36.4 Å². The first kappa shape index (κ1) is 21.2. The Bertz CT molecular complexity index is 906. The quantitative estimate of drug-likeness (QED) is 0.723. The van der Waals surface area contributed by atoms with Gasteiger partial charge in [0, 0.05) is 19.0 Å². The van der Waals surface area contributed by atoms with E-state index in [4.69, 9.17) is 9.47 Å². The lowest BCUT2D eigenvalue weighted by atomic mass is 10.1. The summed E-state index contributed by atoms with van der Waals surface area (Å²) in [4.78, 5) is 27.4. The van der Waals surface area contributed by atoms with Crippen molar-refractivity contribution in [2.24, 2.45) is 5.92 Å². The summed E-state index contributed by atoms with van der Waals surface area (Å²) >= 11 is 0. The van der Waals surface area contributed by atoms with E-state index in [0.29, 0.717) is 30.3 Å². The summed E-state index contributed by atoms with van der Waals surface area (Å²) in [6.45, 7) is 1.12. The third-order valence-electron chi connectivity index (χ3n) is 6.23. The Kier molecular flexibility index (Phi) is 6.75. The number of hydrogen-bond acceptors (Lipinski definition) is 4. The second-order valence-corrected chi connectivity index (χ2v) is 8.29. The molecule has 2 aromatic rings. The third kappa shape index (κ3) is 5.01. The maximum Gasteiger partial charge on any atom is 0.243 e. The van der Waals surface area contributed by atoms with Crippen LogP contribution in [0.2, 0.25) is 0 Å². The molecule has 0 spiro atoms. The molecule has 1 saturated carbocycles. The lowest BCUT2D eigenvalue weighted by Gasteiger charge is -2.26. The molecule has 2 aromatic carbocycles. The van der Waals surface area contributed by atoms with Crippen LogP contribution in [0.3, 0.4) is 0 Å². The molecule has 0 bridgehead atoms. The fourth-order valence-electron chi connectivity index (χ4n) is 4.52. The minimum absolute atomic E-state index is 0.0572. The van der Waals surface area contributed by atoms with Gasteiger partial charge in [-0.2, -0.15) is 0 Å². The molecule has 4 rings (SSSR count). The normalized spacial score (nSPS) is 18.7. The molecule has 2 aliphatic rings. The van der Waals surface area contributed by atoms with Crippen LogP contribution in [0.4, 0.5) is 0 Å². The summed E-state index contributed by atoms with van der Waals surface area (Å²) in [6.07, 6.45) is 5.82. The Balaban J connectivity index is 1.31. The van der Waals surface area contributed by atoms with E-state index in [0.717, 1.165) is 44.1 Å². The van der Waals surface area contributed by atoms with E-state index in [1.165, 1.54) is 0 Å². The Morgan fingerprint density at radius 1 is 0.968 bits per heavy atom. The highest BCUT2D eigenvalue weighted by Crippen LogP contribution is 2.31. The smallest absolute Gasteiger partial charge is 0.243 e. The third-order valence-corrected chi connectivity index (χ3v) is 6.23. The number of para-hydroxylation sites is 2. The zero-order valence-corrected chi connectivity index (χ0v) is 18.0. The maximum atomic E-state index is 12.8. The highest BCUT2D eigenvalue weighted by Gasteiger charge is 2.37. The fraction of sp³-hybridized carbons (Fsp3) is 0.440. The number of rotatable bonds is 7. The molecule has 1 aliphatic heterocycles. The molecule has 1 heterocycles. The highest BCUT2D eigenvalue weighted by atomic mass is 16.5. The zero-order chi connectivity index (χ0) is 21.6. The van der Waals surface area contributed by atoms with Crippen LogP contribution in [0.5, 0.6) is 17.2 Å². The van der Waals surface area contributed by atoms with Gasteiger partial charge in [-0.15, -0.1) is 0 Å². The minimum atomic E-state index is -0.332. The molecule has 1 unspecified atom stereocenters. The van der Waals surface area contributed by atoms with Crippen LogP contribution < -0.4 is 14.8 Å². The Labute approximate surface area is 183 Å². The predicted octanol–water partition coefficient (Wildman–Crippen LogP) is 4.28. The SMILES string of the molecule is COc1ccccc1Oc1ccc(CNC(=O)C2CCCN2C(=O)C2CCCC2)cc1. The maximum absolute atomic E-state index is 12.8. The van der Waals surface area contributed by atoms with Gasteiger partial charge in [0.1, 0.15) is 11.8 Å². The molecule has 31 heavy (non-hydrogen) atoms. The monoisotopic (exact) mass is 422 g/mol. The lowest BCUT2D eigenvalue weighted by Crippen LogP contribution is -2.47. The highest BCUT2D eigenvalue weighted by molar-refractivity contribution is 5.89. The van der Waals surface area contributed by atoms with Crippen LogP contribution in [0.15, 0.2) is 48.5 Å². The van der Waals surface area contributed by atoms with E-state index in [1.54, 1.807) is 7.11 Å². The van der Waals surface area contributed by atoms with Gasteiger partial charge in [-0.1, -0.05) is 37.1 Å². The van der Waals surface area contributed by atoms with E-state index in [1.807, 2.05) is 53.4 Å². The van der Waals surface area contributed by atoms with Gasteiger partial charge in [-0.3, -0.25) is 9.59 Å². The molecular formula is C25H30N2O4. The molecule has 6 heteroatoms. The van der Waals surface area contributed by atoms with E-state index < -0.39 is 0 Å². The van der Waals surface area contributed by atoms with Gasteiger partial charge in [0.05, 0.1) is 7.11 Å². The molecular weight excluding hydrogens is 392 g/mol. The van der Waals surface area contributed by atoms with Gasteiger partial charge < -0.3 is 19.7 Å². The molecule has 2 fully saturated rings. The summed E-state index contributed by atoms with van der Waals surface area (Å²) in [5, 5.41) is 3.01. The van der Waals surface area contributed by atoms with Crippen LogP contribution >= 0.6 is 0 Å². The fourth-order valence-corrected chi connectivity index (χ4v) is 4.52. The number of likely N-dealkylation sites (tertiary alicyclic amines) is 1. The Morgan fingerprint density at radius 3 is 2.39 bits per heavy atom. The molecule has 1 saturated heterocycles. The van der Waals surface area contributed by atoms with Crippen molar-refractivity contribution in [2.45, 2.75) is 51.1 Å². The minimum Gasteiger partial charge on any atom is -0.493 e. The number of nitrogens with one attached hydrogen (secondary N) is 1. The van der Waals surface area contributed by atoms with E-state index in [2.05, 4.69) is 5.32 Å². The summed E-state index contributed by atoms with van der Waals surface area (Å²) < 4.78 is 11.2. The second kappa shape index (κ2) is 9.86. The Hall–Kier alpha value is -3.02. The standard InChI is InChI=1S/C25H30N2O4/c1-30-22-10-4-5-11-23(22)31-20-14-12-18(13-15-20)17-26-24(28)21-9-6-16-27(21)25(29)19-7-2-3-8-19/h4-5,10-15,19,21H,2-3,6-9,16-17H2,1H3,(H,26,28). The molecule has 164 valence electrons. The summed E-state index contributed by atoms with van der Waals surface area (Å²) in [5.74, 6) is 2.26. The van der Waals surface area contributed by atoms with Crippen molar-refractivity contribution in [1.29, 1.82) is 0 Å². The zero-order valence-electron chi connectivity index (χ0n) is 18.0. The molecule has 6 nitrogen and oxygen atoms in total. The largest absolute Gasteiger partial charge is 0.493 e. The number of carbonyl (C=O) groups excluding carboxylic acids is 2. The van der Waals surface area contributed by atoms with Crippen molar-refractivity contribution >= 4 is 11.8 Å². The number of carbonyl (C=O) groups is 2. The summed E-state index contributed by atoms with van der Waals surface area (Å²) in [7, 11) is 1.61. The first-order valence-corrected chi connectivity index (χ1v) is 11.1. The van der Waals surface area contributed by atoms with Crippen molar-refractivity contribution in [3.8, 4) is 17.2 Å². The number of amides is 2. The van der Waals surface area contributed by atoms with Crippen molar-refractivity contribution in [3.05, 3.63) is 54.1 Å². The van der Waals surface area contributed by atoms with E-state index in [-0.39, 0.29) is 23.8 Å². The van der Waals surface area contributed by atoms with Gasteiger partial charge in [-0.05, 0) is 55.5 Å². The summed E-state index contributed by atoms with van der Waals surface area (Å²) in [6, 6.07) is 14.8. The van der Waals surface area contributed by atoms with Crippen molar-refractivity contribution in [1.82, 2.24) is 10.2 Å². The molecule has 0 aromatic heterocycles. The van der Waals surface area contributed by atoms with Gasteiger partial charge in [0.25, 0.3) is 0 Å². The topological polar surface area (TPSA) is 67.9 Å². The van der Waals surface area contributed by atoms with Crippen LogP contribution in [0.1, 0.15) is 44.1 Å². The summed E-state index contributed by atoms with van der Waals surface area (Å²) in [5.41, 5.74) is 0.979. The van der Waals surface area contributed by atoms with Crippen LogP contribution in [0.25, 0.3) is 0 Å². The molecule has 1 atom stereocenters. The molecule has 0 radical (unpaired) electrons. The number of hydrogen-bond donors (Lipinski definition) is 1. The van der Waals surface area contributed by atoms with Gasteiger partial charge >= 0.3 is 0 Å². The lowest BCUT2D eigenvalue weighted by molar-refractivity contribution is -0.141. The van der Waals surface area contributed by atoms with Gasteiger partial charge in [-0.25, -0.2) is 0 Å². The Morgan fingerprint density at radius 2 is 1.68 bits per heavy atom. The average molecular weight is 423 g/mol. The first-order chi connectivity index (χ1) is 15.2. The van der Waals surface area contributed by atoms with Gasteiger partial charge in [0.2, 0.25) is 11.8 Å². The number of methoxy groups -OCH3 is 1. The number of benzene rings is 2. The number of ether oxygens (including phenoxy) is 2. The van der Waals surface area contributed by atoms with E-state index in [9.17, 15) is 9.59 Å². The first-order valence-electron chi connectivity index (χ1n) is 11.1. The average Bonchev–Trinajstić information content (AvgIpc) is 3.51. The predicted molar refractivity (Wildman–Crippen MR) is 118 cm³/mol. The van der Waals surface area contributed by atoms with Crippen molar-refractivity contribution in [2.75, 3.05) is 13.7 Å². The second-order valence-electron chi connectivity index (χ2n) is 8.29. The molecule has 2 amide bonds. The van der Waals surface area contributed by atoms with Crippen molar-refractivity contribution in [3.63, 3.8) is 0 Å². The molecule has 1 N–H and O–H groups in total. The van der Waals surface area contributed by atoms with Crippen LogP contribution in [-0.2, 0) is 16.1 Å². The van der Waals surface area contributed by atoms with E-state index >= 15 is 0 Å². The molecule has 1 aliphatic carbocycles. The number of nitrogens with zero attached hydrogens (tertiary/aromatic N) is 1. The van der Waals surface area contributed by atoms with Crippen LogP contribution in [0, 0.1) is 5.92 Å². The van der Waals surface area contributed by atoms with Gasteiger partial charge in [0.15, 0.2) is 11.5 Å². The van der Waals surface area contributed by atoms with Crippen molar-refractivity contribution < 1.29 is 19.1 Å².